The average molecular weight is 617 g/mol. The third-order valence-electron chi connectivity index (χ3n) is 8.26. The molecule has 1 aromatic rings. The third kappa shape index (κ3) is 4.75. The minimum atomic E-state index is -2.79. The number of anilines is 1. The van der Waals surface area contributed by atoms with E-state index in [1.165, 1.54) is 19.0 Å². The number of nitrogens with one attached hydrogen (secondary N) is 1. The Morgan fingerprint density at radius 2 is 1.83 bits per heavy atom. The van der Waals surface area contributed by atoms with E-state index in [1.54, 1.807) is 0 Å². The molecule has 2 fully saturated rings. The number of rotatable bonds is 5. The number of hydrogen-bond acceptors (Lipinski definition) is 10. The molecule has 1 heterocycles. The molecule has 1 saturated carbocycles. The number of carbonyl (C=O) groups is 4. The smallest absolute Gasteiger partial charge is 0.255 e. The maximum Gasteiger partial charge on any atom is 0.255 e. The van der Waals surface area contributed by atoms with Crippen molar-refractivity contribution in [3.05, 3.63) is 39.9 Å². The van der Waals surface area contributed by atoms with Crippen molar-refractivity contribution in [2.24, 2.45) is 17.6 Å². The fourth-order valence-corrected chi connectivity index (χ4v) is 6.29. The fourth-order valence-electron chi connectivity index (χ4n) is 6.29. The van der Waals surface area contributed by atoms with E-state index >= 15 is 4.39 Å². The molecule has 4 atom stereocenters. The molecule has 1 aromatic carbocycles. The number of halogens is 3. The molecule has 15 heteroatoms. The Kier molecular flexibility index (Phi) is 8.83. The number of primary amides is 1. The first-order valence-corrected chi connectivity index (χ1v) is 12.5. The number of phenolic OH excluding ortho intramolecular Hbond substituents is 1. The molecule has 224 valence electrons. The molecular formula is C26H31Cl2FN4O8. The zero-order valence-electron chi connectivity index (χ0n) is 22.1. The van der Waals surface area contributed by atoms with Crippen LogP contribution in [0.2, 0.25) is 0 Å². The van der Waals surface area contributed by atoms with Crippen molar-refractivity contribution in [3.63, 3.8) is 0 Å². The lowest BCUT2D eigenvalue weighted by Crippen LogP contribution is -2.65. The Morgan fingerprint density at radius 1 is 1.20 bits per heavy atom. The lowest BCUT2D eigenvalue weighted by atomic mass is 9.57. The molecule has 0 unspecified atom stereocenters. The number of nitrogens with two attached hydrogens (primary N) is 1. The van der Waals surface area contributed by atoms with Crippen LogP contribution >= 0.6 is 24.8 Å². The number of likely N-dealkylation sites (tertiary alicyclic amines) is 1. The molecule has 2 amide bonds. The Labute approximate surface area is 246 Å². The van der Waals surface area contributed by atoms with Gasteiger partial charge in [0.05, 0.1) is 23.8 Å². The van der Waals surface area contributed by atoms with Crippen LogP contribution in [0.5, 0.6) is 5.75 Å². The van der Waals surface area contributed by atoms with Gasteiger partial charge in [0, 0.05) is 23.1 Å². The molecule has 41 heavy (non-hydrogen) atoms. The van der Waals surface area contributed by atoms with Crippen LogP contribution in [0.25, 0.3) is 5.76 Å². The number of ketones is 2. The second-order valence-corrected chi connectivity index (χ2v) is 10.7. The molecule has 0 aromatic heterocycles. The van der Waals surface area contributed by atoms with Gasteiger partial charge >= 0.3 is 0 Å². The first kappa shape index (κ1) is 32.3. The van der Waals surface area contributed by atoms with E-state index in [1.807, 2.05) is 4.90 Å². The number of carbonyl (C=O) groups excluding carboxylic acids is 4. The van der Waals surface area contributed by atoms with Gasteiger partial charge in [-0.2, -0.15) is 0 Å². The largest absolute Gasteiger partial charge is 0.508 e. The average Bonchev–Trinajstić information content (AvgIpc) is 2.81. The molecule has 3 aliphatic carbocycles. The van der Waals surface area contributed by atoms with Crippen LogP contribution in [0.1, 0.15) is 24.0 Å². The van der Waals surface area contributed by atoms with Gasteiger partial charge in [-0.15, -0.1) is 24.8 Å². The van der Waals surface area contributed by atoms with Gasteiger partial charge in [-0.1, -0.05) is 0 Å². The Morgan fingerprint density at radius 3 is 2.37 bits per heavy atom. The van der Waals surface area contributed by atoms with Crippen LogP contribution in [0.3, 0.4) is 0 Å². The molecule has 5 rings (SSSR count). The maximum absolute atomic E-state index is 15.3. The van der Waals surface area contributed by atoms with Crippen LogP contribution in [-0.4, -0.2) is 99.0 Å². The highest BCUT2D eigenvalue weighted by Crippen LogP contribution is 2.53. The fraction of sp³-hybridized carbons (Fsp3) is 0.462. The van der Waals surface area contributed by atoms with Crippen molar-refractivity contribution in [3.8, 4) is 5.75 Å². The standard InChI is InChI=1S/C26H29FN4O8.2ClH/c1-30(2)19-12-7-10-6-11-13(27)8-14(29-15(32)9-31-4-3-5-31)20(33)17(11)21(34)16(10)23(36)26(12,39)24(37)18(22(19)35)25(28)38;;/h8,10,12,19,33-34,37,39H,3-7,9H2,1-2H3,(H2,28,38)(H,29,32);2*1H/t10-,12-,19-,26-;;/m0../s1. The highest BCUT2D eigenvalue weighted by Gasteiger charge is 2.64. The summed E-state index contributed by atoms with van der Waals surface area (Å²) < 4.78 is 15.3. The van der Waals surface area contributed by atoms with E-state index in [2.05, 4.69) is 5.32 Å². The van der Waals surface area contributed by atoms with Crippen LogP contribution in [-0.2, 0) is 25.6 Å². The summed E-state index contributed by atoms with van der Waals surface area (Å²) in [4.78, 5) is 54.6. The summed E-state index contributed by atoms with van der Waals surface area (Å²) in [5, 5.41) is 47.0. The molecule has 0 bridgehead atoms. The number of aromatic hydroxyl groups is 1. The zero-order valence-corrected chi connectivity index (χ0v) is 23.8. The Bertz CT molecular complexity index is 1410. The molecule has 4 aliphatic rings. The van der Waals surface area contributed by atoms with Gasteiger partial charge in [0.15, 0.2) is 17.1 Å². The molecular weight excluding hydrogens is 586 g/mol. The van der Waals surface area contributed by atoms with Crippen LogP contribution in [0.4, 0.5) is 10.1 Å². The second kappa shape index (κ2) is 11.2. The summed E-state index contributed by atoms with van der Waals surface area (Å²) >= 11 is 0. The van der Waals surface area contributed by atoms with Gasteiger partial charge in [-0.3, -0.25) is 29.0 Å². The minimum absolute atomic E-state index is 0. The van der Waals surface area contributed by atoms with Crippen LogP contribution < -0.4 is 11.1 Å². The maximum atomic E-state index is 15.3. The number of fused-ring (bicyclic) bond motifs is 3. The lowest BCUT2D eigenvalue weighted by molar-refractivity contribution is -0.153. The highest BCUT2D eigenvalue weighted by atomic mass is 35.5. The van der Waals surface area contributed by atoms with Crippen molar-refractivity contribution < 1.29 is 44.0 Å². The molecule has 1 aliphatic heterocycles. The lowest BCUT2D eigenvalue weighted by Gasteiger charge is -2.50. The van der Waals surface area contributed by atoms with E-state index in [0.29, 0.717) is 0 Å². The Balaban J connectivity index is 0.00000231. The number of hydrogen-bond donors (Lipinski definition) is 6. The van der Waals surface area contributed by atoms with Crippen molar-refractivity contribution in [2.45, 2.75) is 30.9 Å². The van der Waals surface area contributed by atoms with Crippen molar-refractivity contribution in [1.29, 1.82) is 0 Å². The first-order valence-electron chi connectivity index (χ1n) is 12.5. The van der Waals surface area contributed by atoms with E-state index in [0.717, 1.165) is 25.6 Å². The summed E-state index contributed by atoms with van der Waals surface area (Å²) in [5.41, 5.74) is 0.346. The number of benzene rings is 1. The van der Waals surface area contributed by atoms with Crippen molar-refractivity contribution in [2.75, 3.05) is 39.0 Å². The molecule has 12 nitrogen and oxygen atoms in total. The number of phenols is 1. The van der Waals surface area contributed by atoms with Gasteiger partial charge in [-0.05, 0) is 52.4 Å². The molecule has 7 N–H and O–H groups in total. The highest BCUT2D eigenvalue weighted by molar-refractivity contribution is 6.24. The minimum Gasteiger partial charge on any atom is -0.508 e. The van der Waals surface area contributed by atoms with Gasteiger partial charge in [0.1, 0.15) is 22.9 Å². The summed E-state index contributed by atoms with van der Waals surface area (Å²) in [7, 11) is 2.98. The van der Waals surface area contributed by atoms with Gasteiger partial charge in [-0.25, -0.2) is 4.39 Å². The number of amides is 2. The van der Waals surface area contributed by atoms with Gasteiger partial charge in [0.25, 0.3) is 5.91 Å². The zero-order chi connectivity index (χ0) is 28.5. The summed E-state index contributed by atoms with van der Waals surface area (Å²) in [6.45, 7) is 1.49. The predicted molar refractivity (Wildman–Crippen MR) is 148 cm³/mol. The quantitative estimate of drug-likeness (QED) is 0.201. The van der Waals surface area contributed by atoms with Gasteiger partial charge in [0.2, 0.25) is 11.7 Å². The molecule has 1 saturated heterocycles. The number of Topliss-reactive ketones (excluding diaryl/α,β-unsaturated/α-hetero) is 2. The first-order chi connectivity index (χ1) is 18.3. The van der Waals surface area contributed by atoms with Crippen molar-refractivity contribution >= 4 is 59.6 Å². The van der Waals surface area contributed by atoms with E-state index in [4.69, 9.17) is 5.73 Å². The normalized spacial score (nSPS) is 27.2. The number of aliphatic hydroxyl groups excluding tert-OH is 2. The van der Waals surface area contributed by atoms with Crippen molar-refractivity contribution in [1.82, 2.24) is 9.80 Å². The van der Waals surface area contributed by atoms with Gasteiger partial charge < -0.3 is 31.5 Å². The van der Waals surface area contributed by atoms with E-state index < -0.39 is 86.7 Å². The SMILES string of the molecule is CN(C)[C@@H]1C(=O)C(C(N)=O)=C(O)[C@@]2(O)C(=O)C3=C(O)c4c(O)c(NC(=O)CN5CCC5)cc(F)c4C[C@H]3C[C@@H]12.Cl.Cl. The predicted octanol–water partition coefficient (Wildman–Crippen LogP) is 0.591. The molecule has 0 radical (unpaired) electrons. The monoisotopic (exact) mass is 616 g/mol. The summed E-state index contributed by atoms with van der Waals surface area (Å²) in [5.74, 6) is -9.62. The van der Waals surface area contributed by atoms with Crippen LogP contribution in [0.15, 0.2) is 23.0 Å². The number of nitrogens with zero attached hydrogens (tertiary/aromatic N) is 2. The third-order valence-corrected chi connectivity index (χ3v) is 8.26. The number of aliphatic hydroxyl groups is 3. The molecule has 0 spiro atoms. The summed E-state index contributed by atoms with van der Waals surface area (Å²) in [6.07, 6.45) is 0.612. The Hall–Kier alpha value is -3.23. The second-order valence-electron chi connectivity index (χ2n) is 10.7. The van der Waals surface area contributed by atoms with Crippen LogP contribution in [0, 0.1) is 17.7 Å². The van der Waals surface area contributed by atoms with E-state index in [9.17, 15) is 39.6 Å². The van der Waals surface area contributed by atoms with E-state index in [-0.39, 0.29) is 55.5 Å². The summed E-state index contributed by atoms with van der Waals surface area (Å²) in [6, 6.07) is -0.299. The number of likely N-dealkylation sites (N-methyl/N-ethyl adjacent to an activating group) is 1. The topological polar surface area (TPSA) is 194 Å².